The second-order valence-corrected chi connectivity index (χ2v) is 11.5. The van der Waals surface area contributed by atoms with Crippen molar-refractivity contribution < 1.29 is 14.1 Å². The average molecular weight is 591 g/mol. The number of hydrogen-bond acceptors (Lipinski definition) is 5. The molecule has 2 N–H and O–H groups in total. The van der Waals surface area contributed by atoms with Gasteiger partial charge < -0.3 is 15.2 Å². The molecule has 1 aromatic heterocycles. The summed E-state index contributed by atoms with van der Waals surface area (Å²) < 4.78 is 18.2. The Balaban J connectivity index is 0.000000797. The number of rotatable bonds is 12. The van der Waals surface area contributed by atoms with Crippen molar-refractivity contribution in [3.8, 4) is 16.9 Å². The molecule has 3 aromatic rings. The van der Waals surface area contributed by atoms with Crippen LogP contribution in [0.25, 0.3) is 11.1 Å². The van der Waals surface area contributed by atoms with Gasteiger partial charge in [0.25, 0.3) is 0 Å². The topological polar surface area (TPSA) is 71.5 Å². The van der Waals surface area contributed by atoms with Gasteiger partial charge >= 0.3 is 0 Å². The van der Waals surface area contributed by atoms with E-state index >= 15 is 0 Å². The Hall–Kier alpha value is -3.06. The highest BCUT2D eigenvalue weighted by atomic mass is 32.2. The van der Waals surface area contributed by atoms with Crippen molar-refractivity contribution in [1.82, 2.24) is 10.3 Å². The van der Waals surface area contributed by atoms with Crippen LogP contribution in [0.1, 0.15) is 70.3 Å². The zero-order chi connectivity index (χ0) is 30.6. The van der Waals surface area contributed by atoms with Gasteiger partial charge in [-0.05, 0) is 80.0 Å². The molecule has 0 spiro atoms. The van der Waals surface area contributed by atoms with Crippen LogP contribution in [0.4, 0.5) is 0 Å². The Bertz CT molecular complexity index is 1230. The number of ether oxygens (including phenoxy) is 1. The molecule has 42 heavy (non-hydrogen) atoms. The number of aromatic nitrogens is 1. The number of aliphatic hydroxyl groups excluding tert-OH is 1. The molecule has 4 rings (SSSR count). The number of aryl methyl sites for hydroxylation is 2. The number of nitrogens with one attached hydrogen (secondary N) is 1. The predicted octanol–water partition coefficient (Wildman–Crippen LogP) is 7.63. The predicted molar refractivity (Wildman–Crippen MR) is 180 cm³/mol. The highest BCUT2D eigenvalue weighted by Gasteiger charge is 2.20. The number of allylic oxidation sites excluding steroid dienone is 3. The molecule has 0 radical (unpaired) electrons. The third-order valence-corrected chi connectivity index (χ3v) is 7.99. The molecule has 0 fully saturated rings. The smallest absolute Gasteiger partial charge is 0.123 e. The van der Waals surface area contributed by atoms with Crippen LogP contribution in [0.5, 0.6) is 5.75 Å². The second kappa shape index (κ2) is 20.8. The number of hydrogen-bond donors (Lipinski definition) is 2. The normalized spacial score (nSPS) is 15.5. The number of aliphatic hydroxyl groups is 1. The molecule has 0 amide bonds. The molecular weight excluding hydrogens is 540 g/mol. The van der Waals surface area contributed by atoms with Crippen LogP contribution in [-0.2, 0) is 23.6 Å². The lowest BCUT2D eigenvalue weighted by atomic mass is 9.96. The van der Waals surface area contributed by atoms with Gasteiger partial charge in [-0.15, -0.1) is 0 Å². The third kappa shape index (κ3) is 12.4. The van der Waals surface area contributed by atoms with Crippen LogP contribution < -0.4 is 10.1 Å². The molecule has 0 saturated carbocycles. The Morgan fingerprint density at radius 1 is 1.07 bits per heavy atom. The number of nitrogens with zero attached hydrogens (tertiary/aromatic N) is 1. The maximum absolute atomic E-state index is 12.0. The van der Waals surface area contributed by atoms with Gasteiger partial charge in [-0.3, -0.25) is 9.19 Å². The first-order valence-electron chi connectivity index (χ1n) is 15.3. The van der Waals surface area contributed by atoms with E-state index in [9.17, 15) is 9.32 Å². The van der Waals surface area contributed by atoms with E-state index in [0.29, 0.717) is 24.6 Å². The summed E-state index contributed by atoms with van der Waals surface area (Å²) in [5, 5.41) is 13.6. The van der Waals surface area contributed by atoms with Crippen molar-refractivity contribution in [3.05, 3.63) is 108 Å². The summed E-state index contributed by atoms with van der Waals surface area (Å²) in [7, 11) is -0.800. The van der Waals surface area contributed by atoms with E-state index in [1.165, 1.54) is 22.3 Å². The first-order chi connectivity index (χ1) is 20.5. The standard InChI is InChI=1S/C29H34N2O3S.C5H10.C2H6/c1-2-3-16-35(33)17-14-22-6-8-23(9-7-22)24-11-13-29-25(18-24)10-12-27(34-29)20-31-21-28(32)26-5-4-15-30-19-26;1-3-5-4-2;1-2/h2-9,11,13,15,18-19,27-28,31-32H,10,12,14,16-17,20-21H2,1H3;3,5H,4H2,1-2H3;1-2H3/b3-2-;5-3-;. The summed E-state index contributed by atoms with van der Waals surface area (Å²) in [6, 6.07) is 18.7. The van der Waals surface area contributed by atoms with Crippen molar-refractivity contribution in [2.45, 2.75) is 72.5 Å². The van der Waals surface area contributed by atoms with Gasteiger partial charge in [-0.2, -0.15) is 0 Å². The van der Waals surface area contributed by atoms with Gasteiger partial charge in [0, 0.05) is 53.4 Å². The molecule has 2 heterocycles. The fourth-order valence-corrected chi connectivity index (χ4v) is 5.50. The van der Waals surface area contributed by atoms with Crippen LogP contribution in [0.15, 0.2) is 91.3 Å². The fraction of sp³-hybridized carbons (Fsp3) is 0.417. The quantitative estimate of drug-likeness (QED) is 0.212. The maximum atomic E-state index is 12.0. The van der Waals surface area contributed by atoms with Crippen LogP contribution in [0.2, 0.25) is 0 Å². The first-order valence-corrected chi connectivity index (χ1v) is 16.8. The van der Waals surface area contributed by atoms with Gasteiger partial charge in [0.1, 0.15) is 11.9 Å². The first kappa shape index (κ1) is 35.1. The average Bonchev–Trinajstić information content (AvgIpc) is 3.04. The minimum absolute atomic E-state index is 0.0899. The van der Waals surface area contributed by atoms with E-state index in [-0.39, 0.29) is 6.10 Å². The highest BCUT2D eigenvalue weighted by molar-refractivity contribution is 7.85. The van der Waals surface area contributed by atoms with Crippen LogP contribution >= 0.6 is 0 Å². The van der Waals surface area contributed by atoms with Gasteiger partial charge in [0.15, 0.2) is 0 Å². The van der Waals surface area contributed by atoms with Crippen molar-refractivity contribution >= 4 is 10.8 Å². The largest absolute Gasteiger partial charge is 0.489 e. The summed E-state index contributed by atoms with van der Waals surface area (Å²) in [4.78, 5) is 4.06. The van der Waals surface area contributed by atoms with Crippen molar-refractivity contribution in [1.29, 1.82) is 0 Å². The summed E-state index contributed by atoms with van der Waals surface area (Å²) in [6.45, 7) is 11.3. The van der Waals surface area contributed by atoms with Crippen LogP contribution in [-0.4, -0.2) is 45.0 Å². The summed E-state index contributed by atoms with van der Waals surface area (Å²) in [5.74, 6) is 2.27. The lowest BCUT2D eigenvalue weighted by Crippen LogP contribution is -2.36. The molecule has 1 aliphatic rings. The molecule has 3 atom stereocenters. The van der Waals surface area contributed by atoms with E-state index in [1.807, 2.05) is 52.0 Å². The molecular formula is C36H50N2O3S. The molecule has 1 aliphatic heterocycles. The minimum atomic E-state index is -0.800. The molecule has 0 saturated heterocycles. The lowest BCUT2D eigenvalue weighted by molar-refractivity contribution is 0.146. The molecule has 3 unspecified atom stereocenters. The highest BCUT2D eigenvalue weighted by Crippen LogP contribution is 2.32. The number of pyridine rings is 1. The summed E-state index contributed by atoms with van der Waals surface area (Å²) >= 11 is 0. The van der Waals surface area contributed by atoms with Gasteiger partial charge in [-0.1, -0.05) is 81.5 Å². The fourth-order valence-electron chi connectivity index (χ4n) is 4.46. The lowest BCUT2D eigenvalue weighted by Gasteiger charge is -2.27. The van der Waals surface area contributed by atoms with Gasteiger partial charge in [0.2, 0.25) is 0 Å². The van der Waals surface area contributed by atoms with E-state index < -0.39 is 16.9 Å². The Kier molecular flexibility index (Phi) is 17.4. The molecule has 2 aromatic carbocycles. The molecule has 228 valence electrons. The zero-order valence-corrected chi connectivity index (χ0v) is 26.9. The second-order valence-electron chi connectivity index (χ2n) is 9.87. The number of fused-ring (bicyclic) bond motifs is 1. The minimum Gasteiger partial charge on any atom is -0.489 e. The van der Waals surface area contributed by atoms with Crippen LogP contribution in [0.3, 0.4) is 0 Å². The maximum Gasteiger partial charge on any atom is 0.123 e. The van der Waals surface area contributed by atoms with E-state index in [2.05, 4.69) is 71.8 Å². The molecule has 0 aliphatic carbocycles. The molecule has 6 heteroatoms. The SMILES string of the molecule is C/C=C\CC.C/C=C\CS(=O)CCc1ccc(-c2ccc3c(c2)CCC(CNCC(O)c2cccnc2)O3)cc1.CC. The van der Waals surface area contributed by atoms with Crippen molar-refractivity contribution in [3.63, 3.8) is 0 Å². The van der Waals surface area contributed by atoms with E-state index in [1.54, 1.807) is 12.4 Å². The van der Waals surface area contributed by atoms with Gasteiger partial charge in [-0.25, -0.2) is 0 Å². The van der Waals surface area contributed by atoms with Crippen molar-refractivity contribution in [2.75, 3.05) is 24.6 Å². The number of benzene rings is 2. The van der Waals surface area contributed by atoms with Gasteiger partial charge in [0.05, 0.1) is 6.10 Å². The molecule has 5 nitrogen and oxygen atoms in total. The van der Waals surface area contributed by atoms with Crippen LogP contribution in [0, 0.1) is 0 Å². The third-order valence-electron chi connectivity index (χ3n) is 6.76. The van der Waals surface area contributed by atoms with Crippen molar-refractivity contribution in [2.24, 2.45) is 0 Å². The Morgan fingerprint density at radius 3 is 2.45 bits per heavy atom. The van der Waals surface area contributed by atoms with E-state index in [4.69, 9.17) is 4.74 Å². The Morgan fingerprint density at radius 2 is 1.81 bits per heavy atom. The molecule has 0 bridgehead atoms. The summed E-state index contributed by atoms with van der Waals surface area (Å²) in [6.07, 6.45) is 14.9. The zero-order valence-electron chi connectivity index (χ0n) is 26.1. The monoisotopic (exact) mass is 590 g/mol. The Labute approximate surface area is 256 Å². The summed E-state index contributed by atoms with van der Waals surface area (Å²) in [5.41, 5.74) is 5.63. The van der Waals surface area contributed by atoms with E-state index in [0.717, 1.165) is 37.0 Å².